The number of hydrogen-bond donors (Lipinski definition) is 2. The van der Waals surface area contributed by atoms with Gasteiger partial charge in [0.05, 0.1) is 14.2 Å². The molecule has 0 radical (unpaired) electrons. The Bertz CT molecular complexity index is 526. The molecule has 0 saturated carbocycles. The number of rotatable bonds is 4. The highest BCUT2D eigenvalue weighted by atomic mass is 16.5. The zero-order valence-electron chi connectivity index (χ0n) is 12.7. The summed E-state index contributed by atoms with van der Waals surface area (Å²) in [6, 6.07) is 5.66. The van der Waals surface area contributed by atoms with Crippen molar-refractivity contribution in [2.45, 2.75) is 38.9 Å². The molecule has 0 aromatic heterocycles. The van der Waals surface area contributed by atoms with Crippen LogP contribution < -0.4 is 14.5 Å². The van der Waals surface area contributed by atoms with Crippen molar-refractivity contribution in [3.05, 3.63) is 23.8 Å². The highest BCUT2D eigenvalue weighted by Gasteiger charge is 2.48. The molecule has 0 fully saturated rings. The SMILES string of the molecule is CCC1=[NH+][C@@H](c2ccc(OC)c(OC)c2)N(O)C1(C)C. The second-order valence-electron chi connectivity index (χ2n) is 5.40. The van der Waals surface area contributed by atoms with Crippen molar-refractivity contribution in [2.24, 2.45) is 0 Å². The van der Waals surface area contributed by atoms with Gasteiger partial charge in [-0.3, -0.25) is 0 Å². The predicted octanol–water partition coefficient (Wildman–Crippen LogP) is 1.12. The Kier molecular flexibility index (Phi) is 4.01. The first-order chi connectivity index (χ1) is 9.45. The lowest BCUT2D eigenvalue weighted by Gasteiger charge is -2.25. The highest BCUT2D eigenvalue weighted by Crippen LogP contribution is 2.32. The molecule has 0 saturated heterocycles. The minimum Gasteiger partial charge on any atom is -0.493 e. The smallest absolute Gasteiger partial charge is 0.256 e. The van der Waals surface area contributed by atoms with E-state index < -0.39 is 5.54 Å². The molecule has 2 N–H and O–H groups in total. The van der Waals surface area contributed by atoms with E-state index in [0.29, 0.717) is 11.5 Å². The van der Waals surface area contributed by atoms with Crippen molar-refractivity contribution in [3.8, 4) is 11.5 Å². The third-order valence-corrected chi connectivity index (χ3v) is 3.94. The minimum atomic E-state index is -0.396. The molecule has 1 aromatic carbocycles. The molecule has 0 unspecified atom stereocenters. The molecule has 2 rings (SSSR count). The molecule has 1 aliphatic rings. The first kappa shape index (κ1) is 14.8. The molecule has 1 aliphatic heterocycles. The number of hydrogen-bond acceptors (Lipinski definition) is 4. The molecular formula is C15H23N2O3+. The van der Waals surface area contributed by atoms with E-state index in [0.717, 1.165) is 17.7 Å². The van der Waals surface area contributed by atoms with E-state index in [2.05, 4.69) is 11.9 Å². The Hall–Kier alpha value is -1.59. The van der Waals surface area contributed by atoms with Crippen LogP contribution in [-0.2, 0) is 0 Å². The second-order valence-corrected chi connectivity index (χ2v) is 5.40. The Morgan fingerprint density at radius 1 is 1.25 bits per heavy atom. The van der Waals surface area contributed by atoms with E-state index in [4.69, 9.17) is 9.47 Å². The molecule has 20 heavy (non-hydrogen) atoms. The summed E-state index contributed by atoms with van der Waals surface area (Å²) in [5, 5.41) is 11.8. The van der Waals surface area contributed by atoms with Crippen molar-refractivity contribution in [1.82, 2.24) is 5.06 Å². The summed E-state index contributed by atoms with van der Waals surface area (Å²) in [5.74, 6) is 1.33. The first-order valence-corrected chi connectivity index (χ1v) is 6.78. The normalized spacial score (nSPS) is 21.7. The van der Waals surface area contributed by atoms with Crippen LogP contribution in [0.3, 0.4) is 0 Å². The summed E-state index contributed by atoms with van der Waals surface area (Å²) in [4.78, 5) is 3.38. The van der Waals surface area contributed by atoms with Crippen LogP contribution in [0.4, 0.5) is 0 Å². The molecule has 0 bridgehead atoms. The van der Waals surface area contributed by atoms with Crippen molar-refractivity contribution >= 4 is 5.71 Å². The van der Waals surface area contributed by atoms with Gasteiger partial charge in [0.25, 0.3) is 6.17 Å². The average Bonchev–Trinajstić information content (AvgIpc) is 2.69. The maximum atomic E-state index is 10.4. The zero-order valence-corrected chi connectivity index (χ0v) is 12.7. The highest BCUT2D eigenvalue weighted by molar-refractivity contribution is 5.88. The van der Waals surface area contributed by atoms with Crippen LogP contribution >= 0.6 is 0 Å². The zero-order chi connectivity index (χ0) is 14.9. The number of nitrogens with one attached hydrogen (secondary N) is 1. The molecule has 1 heterocycles. The Morgan fingerprint density at radius 2 is 1.90 bits per heavy atom. The number of ether oxygens (including phenoxy) is 2. The van der Waals surface area contributed by atoms with Crippen LogP contribution in [0.25, 0.3) is 0 Å². The number of benzene rings is 1. The topological polar surface area (TPSA) is 55.9 Å². The third-order valence-electron chi connectivity index (χ3n) is 3.94. The van der Waals surface area contributed by atoms with Gasteiger partial charge in [0.1, 0.15) is 5.54 Å². The van der Waals surface area contributed by atoms with Crippen LogP contribution in [0.2, 0.25) is 0 Å². The number of nitrogens with zero attached hydrogens (tertiary/aromatic N) is 1. The van der Waals surface area contributed by atoms with Crippen LogP contribution in [0, 0.1) is 0 Å². The van der Waals surface area contributed by atoms with E-state index in [1.807, 2.05) is 32.0 Å². The van der Waals surface area contributed by atoms with E-state index in [1.165, 1.54) is 5.06 Å². The lowest BCUT2D eigenvalue weighted by atomic mass is 9.97. The molecule has 110 valence electrons. The fraction of sp³-hybridized carbons (Fsp3) is 0.533. The van der Waals surface area contributed by atoms with Crippen LogP contribution in [-0.4, -0.2) is 35.7 Å². The van der Waals surface area contributed by atoms with E-state index in [-0.39, 0.29) is 6.17 Å². The summed E-state index contributed by atoms with van der Waals surface area (Å²) in [5.41, 5.74) is 1.65. The lowest BCUT2D eigenvalue weighted by Crippen LogP contribution is -2.72. The van der Waals surface area contributed by atoms with E-state index in [9.17, 15) is 5.21 Å². The van der Waals surface area contributed by atoms with Crippen molar-refractivity contribution < 1.29 is 19.7 Å². The van der Waals surface area contributed by atoms with Gasteiger partial charge in [-0.05, 0) is 32.0 Å². The number of hydroxylamine groups is 2. The molecule has 5 nitrogen and oxygen atoms in total. The van der Waals surface area contributed by atoms with Gasteiger partial charge in [0, 0.05) is 12.0 Å². The minimum absolute atomic E-state index is 0.278. The van der Waals surface area contributed by atoms with Crippen LogP contribution in [0.1, 0.15) is 38.9 Å². The van der Waals surface area contributed by atoms with Gasteiger partial charge in [-0.25, -0.2) is 4.99 Å². The summed E-state index contributed by atoms with van der Waals surface area (Å²) in [6.07, 6.45) is 0.591. The molecule has 0 amide bonds. The summed E-state index contributed by atoms with van der Waals surface area (Å²) >= 11 is 0. The van der Waals surface area contributed by atoms with Gasteiger partial charge in [-0.2, -0.15) is 0 Å². The molecule has 0 aliphatic carbocycles. The largest absolute Gasteiger partial charge is 0.493 e. The summed E-state index contributed by atoms with van der Waals surface area (Å²) in [7, 11) is 3.21. The monoisotopic (exact) mass is 279 g/mol. The Balaban J connectivity index is 2.40. The van der Waals surface area contributed by atoms with Crippen molar-refractivity contribution in [1.29, 1.82) is 0 Å². The predicted molar refractivity (Wildman–Crippen MR) is 76.3 cm³/mol. The molecule has 1 aromatic rings. The summed E-state index contributed by atoms with van der Waals surface area (Å²) in [6.45, 7) is 6.08. The average molecular weight is 279 g/mol. The van der Waals surface area contributed by atoms with Gasteiger partial charge in [0.2, 0.25) is 0 Å². The quantitative estimate of drug-likeness (QED) is 0.867. The van der Waals surface area contributed by atoms with Crippen molar-refractivity contribution in [3.63, 3.8) is 0 Å². The van der Waals surface area contributed by atoms with Gasteiger partial charge >= 0.3 is 0 Å². The van der Waals surface area contributed by atoms with Gasteiger partial charge < -0.3 is 14.7 Å². The maximum Gasteiger partial charge on any atom is 0.256 e. The van der Waals surface area contributed by atoms with Crippen molar-refractivity contribution in [2.75, 3.05) is 14.2 Å². The molecule has 0 spiro atoms. The molecular weight excluding hydrogens is 256 g/mol. The van der Waals surface area contributed by atoms with E-state index >= 15 is 0 Å². The third kappa shape index (κ3) is 2.27. The second kappa shape index (κ2) is 5.42. The van der Waals surface area contributed by atoms with Gasteiger partial charge in [-0.1, -0.05) is 6.92 Å². The fourth-order valence-electron chi connectivity index (χ4n) is 2.65. The van der Waals surface area contributed by atoms with Crippen LogP contribution in [0.5, 0.6) is 11.5 Å². The first-order valence-electron chi connectivity index (χ1n) is 6.78. The molecule has 5 heteroatoms. The van der Waals surface area contributed by atoms with Crippen LogP contribution in [0.15, 0.2) is 18.2 Å². The van der Waals surface area contributed by atoms with Gasteiger partial charge in [-0.15, -0.1) is 5.06 Å². The fourth-order valence-corrected chi connectivity index (χ4v) is 2.65. The standard InChI is InChI=1S/C15H22N2O3/c1-6-13-15(2,3)17(18)14(16-13)10-7-8-11(19-4)12(9-10)20-5/h7-9,14,18H,6H2,1-5H3/p+1/t14-/m1/s1. The summed E-state index contributed by atoms with van der Waals surface area (Å²) < 4.78 is 10.6. The Labute approximate surface area is 119 Å². The van der Waals surface area contributed by atoms with E-state index in [1.54, 1.807) is 14.2 Å². The molecule has 1 atom stereocenters. The Morgan fingerprint density at radius 3 is 2.40 bits per heavy atom. The maximum absolute atomic E-state index is 10.4. The van der Waals surface area contributed by atoms with Gasteiger partial charge in [0.15, 0.2) is 17.2 Å². The lowest BCUT2D eigenvalue weighted by molar-refractivity contribution is -0.549. The number of methoxy groups -OCH3 is 2.